The van der Waals surface area contributed by atoms with E-state index >= 15 is 0 Å². The van der Waals surface area contributed by atoms with E-state index in [0.717, 1.165) is 6.42 Å². The van der Waals surface area contributed by atoms with Crippen molar-refractivity contribution in [2.24, 2.45) is 0 Å². The molecule has 0 bridgehead atoms. The Morgan fingerprint density at radius 1 is 0.938 bits per heavy atom. The predicted octanol–water partition coefficient (Wildman–Crippen LogP) is 1.34. The lowest BCUT2D eigenvalue weighted by Gasteiger charge is -2.27. The number of rotatable bonds is 9. The van der Waals surface area contributed by atoms with Gasteiger partial charge in [0.1, 0.15) is 0 Å². The highest BCUT2D eigenvalue weighted by molar-refractivity contribution is 4.70. The summed E-state index contributed by atoms with van der Waals surface area (Å²) in [5.41, 5.74) is -0.926. The molecule has 98 valence electrons. The van der Waals surface area contributed by atoms with Crippen LogP contribution in [-0.4, -0.2) is 47.8 Å². The average molecular weight is 234 g/mol. The lowest BCUT2D eigenvalue weighted by Crippen LogP contribution is -2.30. The van der Waals surface area contributed by atoms with E-state index in [2.05, 4.69) is 0 Å². The zero-order valence-corrected chi connectivity index (χ0v) is 11.0. The second kappa shape index (κ2) is 7.22. The Hall–Kier alpha value is -0.160. The van der Waals surface area contributed by atoms with Gasteiger partial charge in [0.15, 0.2) is 0 Å². The van der Waals surface area contributed by atoms with Gasteiger partial charge in [0.2, 0.25) is 0 Å². The maximum absolute atomic E-state index is 9.53. The molecule has 0 aromatic rings. The Kier molecular flexibility index (Phi) is 7.15. The third-order valence-electron chi connectivity index (χ3n) is 2.29. The van der Waals surface area contributed by atoms with Crippen LogP contribution in [0.15, 0.2) is 0 Å². The minimum absolute atomic E-state index is 0.0555. The van der Waals surface area contributed by atoms with E-state index in [1.165, 1.54) is 0 Å². The summed E-state index contributed by atoms with van der Waals surface area (Å²) in [5, 5.41) is 18.1. The maximum atomic E-state index is 9.53. The van der Waals surface area contributed by atoms with Gasteiger partial charge in [0, 0.05) is 6.61 Å². The summed E-state index contributed by atoms with van der Waals surface area (Å²) in [5.74, 6) is 0. The van der Waals surface area contributed by atoms with Crippen LogP contribution in [0, 0.1) is 0 Å². The summed E-state index contributed by atoms with van der Waals surface area (Å²) in [6, 6.07) is 0. The molecule has 16 heavy (non-hydrogen) atoms. The molecule has 2 N–H and O–H groups in total. The van der Waals surface area contributed by atoms with Crippen molar-refractivity contribution in [1.82, 2.24) is 0 Å². The number of aliphatic hydroxyl groups is 2. The van der Waals surface area contributed by atoms with Crippen molar-refractivity contribution in [2.45, 2.75) is 51.7 Å². The molecule has 0 spiro atoms. The highest BCUT2D eigenvalue weighted by Gasteiger charge is 2.20. The molecule has 0 saturated heterocycles. The van der Waals surface area contributed by atoms with Gasteiger partial charge in [0.05, 0.1) is 31.0 Å². The van der Waals surface area contributed by atoms with Crippen LogP contribution in [0.1, 0.15) is 40.5 Å². The number of aliphatic hydroxyl groups excluding tert-OH is 1. The fourth-order valence-corrected chi connectivity index (χ4v) is 1.13. The SMILES string of the molecule is CC(C)(O)CCOC(C)(C)CCOCCO. The minimum Gasteiger partial charge on any atom is -0.394 e. The molecule has 0 unspecified atom stereocenters. The van der Waals surface area contributed by atoms with Crippen LogP contribution in [-0.2, 0) is 9.47 Å². The summed E-state index contributed by atoms with van der Waals surface area (Å²) in [6.45, 7) is 9.09. The topological polar surface area (TPSA) is 58.9 Å². The van der Waals surface area contributed by atoms with Gasteiger partial charge in [-0.3, -0.25) is 0 Å². The smallest absolute Gasteiger partial charge is 0.0697 e. The van der Waals surface area contributed by atoms with E-state index in [4.69, 9.17) is 14.6 Å². The largest absolute Gasteiger partial charge is 0.394 e. The zero-order valence-electron chi connectivity index (χ0n) is 11.0. The van der Waals surface area contributed by atoms with Crippen LogP contribution < -0.4 is 0 Å². The van der Waals surface area contributed by atoms with Crippen LogP contribution in [0.25, 0.3) is 0 Å². The second-order valence-corrected chi connectivity index (χ2v) is 5.26. The zero-order chi connectivity index (χ0) is 12.7. The van der Waals surface area contributed by atoms with E-state index < -0.39 is 5.60 Å². The number of hydrogen-bond donors (Lipinski definition) is 2. The first-order valence-electron chi connectivity index (χ1n) is 5.82. The molecule has 0 aromatic carbocycles. The standard InChI is InChI=1S/C12H26O4/c1-11(2,14)5-9-16-12(3,4)6-8-15-10-7-13/h13-14H,5-10H2,1-4H3. The lowest BCUT2D eigenvalue weighted by atomic mass is 10.0. The fraction of sp³-hybridized carbons (Fsp3) is 1.00. The van der Waals surface area contributed by atoms with Crippen LogP contribution in [0.3, 0.4) is 0 Å². The van der Waals surface area contributed by atoms with Crippen molar-refractivity contribution in [3.05, 3.63) is 0 Å². The highest BCUT2D eigenvalue weighted by atomic mass is 16.5. The van der Waals surface area contributed by atoms with Gasteiger partial charge < -0.3 is 19.7 Å². The molecule has 0 aliphatic rings. The molecule has 0 saturated carbocycles. The number of hydrogen-bond acceptors (Lipinski definition) is 4. The molecular formula is C12H26O4. The van der Waals surface area contributed by atoms with Gasteiger partial charge in [0.25, 0.3) is 0 Å². The first-order valence-corrected chi connectivity index (χ1v) is 5.82. The fourth-order valence-electron chi connectivity index (χ4n) is 1.13. The van der Waals surface area contributed by atoms with Gasteiger partial charge >= 0.3 is 0 Å². The minimum atomic E-state index is -0.677. The quantitative estimate of drug-likeness (QED) is 0.591. The van der Waals surface area contributed by atoms with E-state index in [0.29, 0.717) is 26.2 Å². The first kappa shape index (κ1) is 15.8. The van der Waals surface area contributed by atoms with Crippen molar-refractivity contribution < 1.29 is 19.7 Å². The van der Waals surface area contributed by atoms with Crippen LogP contribution in [0.4, 0.5) is 0 Å². The first-order chi connectivity index (χ1) is 7.27. The molecular weight excluding hydrogens is 208 g/mol. The molecule has 0 aromatic heterocycles. The molecule has 4 nitrogen and oxygen atoms in total. The lowest BCUT2D eigenvalue weighted by molar-refractivity contribution is -0.0625. The van der Waals surface area contributed by atoms with E-state index in [9.17, 15) is 5.11 Å². The van der Waals surface area contributed by atoms with Crippen LogP contribution >= 0.6 is 0 Å². The maximum Gasteiger partial charge on any atom is 0.0697 e. The average Bonchev–Trinajstić information content (AvgIpc) is 2.10. The van der Waals surface area contributed by atoms with Crippen molar-refractivity contribution >= 4 is 0 Å². The Morgan fingerprint density at radius 2 is 1.56 bits per heavy atom. The number of ether oxygens (including phenoxy) is 2. The highest BCUT2D eigenvalue weighted by Crippen LogP contribution is 2.17. The van der Waals surface area contributed by atoms with Crippen molar-refractivity contribution in [2.75, 3.05) is 26.4 Å². The molecule has 0 aliphatic carbocycles. The van der Waals surface area contributed by atoms with Gasteiger partial charge in [-0.1, -0.05) is 0 Å². The van der Waals surface area contributed by atoms with Crippen molar-refractivity contribution in [3.63, 3.8) is 0 Å². The molecule has 0 fully saturated rings. The monoisotopic (exact) mass is 234 g/mol. The molecule has 4 heteroatoms. The second-order valence-electron chi connectivity index (χ2n) is 5.26. The van der Waals surface area contributed by atoms with E-state index in [1.807, 2.05) is 13.8 Å². The summed E-state index contributed by atoms with van der Waals surface area (Å²) in [4.78, 5) is 0. The molecule has 0 rings (SSSR count). The summed E-state index contributed by atoms with van der Waals surface area (Å²) in [6.07, 6.45) is 1.40. The van der Waals surface area contributed by atoms with Gasteiger partial charge in [-0.25, -0.2) is 0 Å². The van der Waals surface area contributed by atoms with Gasteiger partial charge in [-0.05, 0) is 40.5 Å². The van der Waals surface area contributed by atoms with Crippen molar-refractivity contribution in [3.8, 4) is 0 Å². The summed E-state index contributed by atoms with van der Waals surface area (Å²) >= 11 is 0. The summed E-state index contributed by atoms with van der Waals surface area (Å²) in [7, 11) is 0. The molecule has 0 amide bonds. The van der Waals surface area contributed by atoms with Crippen LogP contribution in [0.2, 0.25) is 0 Å². The third kappa shape index (κ3) is 10.4. The molecule has 0 atom stereocenters. The molecule has 0 aliphatic heterocycles. The van der Waals surface area contributed by atoms with Gasteiger partial charge in [-0.15, -0.1) is 0 Å². The Morgan fingerprint density at radius 3 is 2.06 bits per heavy atom. The molecule has 0 heterocycles. The predicted molar refractivity (Wildman–Crippen MR) is 63.5 cm³/mol. The Balaban J connectivity index is 3.62. The van der Waals surface area contributed by atoms with E-state index in [1.54, 1.807) is 13.8 Å². The molecule has 0 radical (unpaired) electrons. The Bertz CT molecular complexity index is 172. The normalized spacial score (nSPS) is 13.1. The van der Waals surface area contributed by atoms with E-state index in [-0.39, 0.29) is 12.2 Å². The Labute approximate surface area is 98.6 Å². The van der Waals surface area contributed by atoms with Gasteiger partial charge in [-0.2, -0.15) is 0 Å². The van der Waals surface area contributed by atoms with Crippen molar-refractivity contribution in [1.29, 1.82) is 0 Å². The summed E-state index contributed by atoms with van der Waals surface area (Å²) < 4.78 is 10.9. The third-order valence-corrected chi connectivity index (χ3v) is 2.29. The van der Waals surface area contributed by atoms with Crippen LogP contribution in [0.5, 0.6) is 0 Å².